The molecule has 2 N–H and O–H groups in total. The van der Waals surface area contributed by atoms with Gasteiger partial charge in [-0.1, -0.05) is 43.2 Å². The van der Waals surface area contributed by atoms with Crippen molar-refractivity contribution in [2.45, 2.75) is 64.6 Å². The molecule has 0 heterocycles. The predicted octanol–water partition coefficient (Wildman–Crippen LogP) is 3.06. The summed E-state index contributed by atoms with van der Waals surface area (Å²) < 4.78 is 0. The zero-order valence-corrected chi connectivity index (χ0v) is 14.8. The normalized spacial score (nSPS) is 15.0. The van der Waals surface area contributed by atoms with E-state index < -0.39 is 6.03 Å². The molecule has 0 bridgehead atoms. The average molecular weight is 331 g/mol. The fourth-order valence-corrected chi connectivity index (χ4v) is 3.34. The molecular weight excluding hydrogens is 302 g/mol. The van der Waals surface area contributed by atoms with E-state index in [1.165, 1.54) is 25.7 Å². The molecular formula is C19H29N3O2. The van der Waals surface area contributed by atoms with Crippen LogP contribution in [0.15, 0.2) is 30.3 Å². The Morgan fingerprint density at radius 1 is 1.17 bits per heavy atom. The number of benzene rings is 1. The van der Waals surface area contributed by atoms with E-state index in [9.17, 15) is 9.59 Å². The van der Waals surface area contributed by atoms with Crippen LogP contribution >= 0.6 is 0 Å². The highest BCUT2D eigenvalue weighted by atomic mass is 16.2. The maximum Gasteiger partial charge on any atom is 0.321 e. The summed E-state index contributed by atoms with van der Waals surface area (Å²) in [5, 5.41) is 5.13. The van der Waals surface area contributed by atoms with E-state index in [-0.39, 0.29) is 5.91 Å². The molecule has 0 aliphatic heterocycles. The summed E-state index contributed by atoms with van der Waals surface area (Å²) in [6.07, 6.45) is 5.35. The Labute approximate surface area is 144 Å². The Kier molecular flexibility index (Phi) is 7.25. The van der Waals surface area contributed by atoms with Gasteiger partial charge in [-0.2, -0.15) is 0 Å². The zero-order valence-electron chi connectivity index (χ0n) is 14.8. The summed E-state index contributed by atoms with van der Waals surface area (Å²) in [6.45, 7) is 5.46. The number of carbonyl (C=O) groups excluding carboxylic acids is 2. The number of rotatable bonds is 7. The van der Waals surface area contributed by atoms with Crippen molar-refractivity contribution in [2.24, 2.45) is 0 Å². The molecule has 5 nitrogen and oxygen atoms in total. The van der Waals surface area contributed by atoms with Gasteiger partial charge in [0.25, 0.3) is 0 Å². The minimum Gasteiger partial charge on any atom is -0.334 e. The van der Waals surface area contributed by atoms with Crippen LogP contribution in [0.25, 0.3) is 0 Å². The number of carbonyl (C=O) groups is 2. The molecule has 0 saturated heterocycles. The van der Waals surface area contributed by atoms with Gasteiger partial charge in [-0.05, 0) is 32.3 Å². The maximum atomic E-state index is 12.0. The van der Waals surface area contributed by atoms with Gasteiger partial charge in [-0.15, -0.1) is 0 Å². The van der Waals surface area contributed by atoms with Gasteiger partial charge in [0, 0.05) is 31.6 Å². The quantitative estimate of drug-likeness (QED) is 0.807. The first-order chi connectivity index (χ1) is 11.6. The molecule has 1 saturated carbocycles. The van der Waals surface area contributed by atoms with Gasteiger partial charge in [0.1, 0.15) is 0 Å². The lowest BCUT2D eigenvalue weighted by atomic mass is 10.1. The standard InChI is InChI=1S/C19H29N3O2/c1-15(2)22(17-10-6-7-11-17)13-12-18(23)21-19(24)20-14-16-8-4-3-5-9-16/h3-5,8-9,15,17H,6-7,10-14H2,1-2H3,(H2,20,21,23,24). The Morgan fingerprint density at radius 2 is 1.83 bits per heavy atom. The SMILES string of the molecule is CC(C)N(CCC(=O)NC(=O)NCc1ccccc1)C1CCCC1. The van der Waals surface area contributed by atoms with Crippen LogP contribution in [0, 0.1) is 0 Å². The fraction of sp³-hybridized carbons (Fsp3) is 0.579. The number of amides is 3. The molecule has 24 heavy (non-hydrogen) atoms. The number of nitrogens with one attached hydrogen (secondary N) is 2. The van der Waals surface area contributed by atoms with Gasteiger partial charge in [0.15, 0.2) is 0 Å². The third kappa shape index (κ3) is 5.96. The second kappa shape index (κ2) is 9.42. The van der Waals surface area contributed by atoms with Gasteiger partial charge in [-0.3, -0.25) is 15.0 Å². The molecule has 0 spiro atoms. The number of imide groups is 1. The first-order valence-corrected chi connectivity index (χ1v) is 8.93. The van der Waals surface area contributed by atoms with E-state index in [4.69, 9.17) is 0 Å². The lowest BCUT2D eigenvalue weighted by molar-refractivity contribution is -0.120. The Bertz CT molecular complexity index is 525. The number of urea groups is 1. The second-order valence-electron chi connectivity index (χ2n) is 6.74. The molecule has 3 amide bonds. The smallest absolute Gasteiger partial charge is 0.321 e. The van der Waals surface area contributed by atoms with Gasteiger partial charge in [0.05, 0.1) is 0 Å². The molecule has 132 valence electrons. The predicted molar refractivity (Wildman–Crippen MR) is 95.5 cm³/mol. The van der Waals surface area contributed by atoms with Crippen LogP contribution in [0.3, 0.4) is 0 Å². The van der Waals surface area contributed by atoms with E-state index >= 15 is 0 Å². The average Bonchev–Trinajstić information content (AvgIpc) is 3.08. The lowest BCUT2D eigenvalue weighted by Crippen LogP contribution is -2.43. The van der Waals surface area contributed by atoms with Crippen molar-refractivity contribution in [3.05, 3.63) is 35.9 Å². The van der Waals surface area contributed by atoms with Crippen molar-refractivity contribution in [1.29, 1.82) is 0 Å². The molecule has 0 atom stereocenters. The van der Waals surface area contributed by atoms with Crippen molar-refractivity contribution < 1.29 is 9.59 Å². The van der Waals surface area contributed by atoms with E-state index in [0.29, 0.717) is 31.6 Å². The highest BCUT2D eigenvalue weighted by molar-refractivity contribution is 5.94. The minimum absolute atomic E-state index is 0.218. The van der Waals surface area contributed by atoms with Crippen LogP contribution in [0.1, 0.15) is 51.5 Å². The van der Waals surface area contributed by atoms with Gasteiger partial charge in [-0.25, -0.2) is 4.79 Å². The highest BCUT2D eigenvalue weighted by Gasteiger charge is 2.24. The van der Waals surface area contributed by atoms with E-state index in [2.05, 4.69) is 29.4 Å². The van der Waals surface area contributed by atoms with Gasteiger partial charge in [0.2, 0.25) is 5.91 Å². The highest BCUT2D eigenvalue weighted by Crippen LogP contribution is 2.25. The van der Waals surface area contributed by atoms with Gasteiger partial charge < -0.3 is 5.32 Å². The van der Waals surface area contributed by atoms with Crippen LogP contribution in [0.4, 0.5) is 4.79 Å². The summed E-state index contributed by atoms with van der Waals surface area (Å²) in [5.41, 5.74) is 1.01. The van der Waals surface area contributed by atoms with E-state index in [1.807, 2.05) is 30.3 Å². The first-order valence-electron chi connectivity index (χ1n) is 8.93. The van der Waals surface area contributed by atoms with Crippen LogP contribution in [-0.4, -0.2) is 35.5 Å². The van der Waals surface area contributed by atoms with Crippen molar-refractivity contribution in [1.82, 2.24) is 15.5 Å². The molecule has 1 fully saturated rings. The van der Waals surface area contributed by atoms with Crippen molar-refractivity contribution in [3.63, 3.8) is 0 Å². The minimum atomic E-state index is -0.430. The second-order valence-corrected chi connectivity index (χ2v) is 6.74. The molecule has 5 heteroatoms. The zero-order chi connectivity index (χ0) is 17.4. The Hall–Kier alpha value is -1.88. The van der Waals surface area contributed by atoms with E-state index in [1.54, 1.807) is 0 Å². The lowest BCUT2D eigenvalue weighted by Gasteiger charge is -2.32. The van der Waals surface area contributed by atoms with Crippen molar-refractivity contribution >= 4 is 11.9 Å². The molecule has 0 aromatic heterocycles. The molecule has 0 radical (unpaired) electrons. The molecule has 1 aliphatic carbocycles. The Balaban J connectivity index is 1.70. The van der Waals surface area contributed by atoms with Crippen LogP contribution in [0.2, 0.25) is 0 Å². The molecule has 1 aromatic carbocycles. The van der Waals surface area contributed by atoms with E-state index in [0.717, 1.165) is 5.56 Å². The third-order valence-corrected chi connectivity index (χ3v) is 4.60. The molecule has 1 aromatic rings. The summed E-state index contributed by atoms with van der Waals surface area (Å²) in [4.78, 5) is 26.2. The topological polar surface area (TPSA) is 61.4 Å². The van der Waals surface area contributed by atoms with Gasteiger partial charge >= 0.3 is 6.03 Å². The largest absolute Gasteiger partial charge is 0.334 e. The number of hydrogen-bond acceptors (Lipinski definition) is 3. The number of hydrogen-bond donors (Lipinski definition) is 2. The van der Waals surface area contributed by atoms with Crippen molar-refractivity contribution in [2.75, 3.05) is 6.54 Å². The third-order valence-electron chi connectivity index (χ3n) is 4.60. The van der Waals surface area contributed by atoms with Crippen LogP contribution in [0.5, 0.6) is 0 Å². The summed E-state index contributed by atoms with van der Waals surface area (Å²) in [5.74, 6) is -0.218. The van der Waals surface area contributed by atoms with Crippen LogP contribution < -0.4 is 10.6 Å². The summed E-state index contributed by atoms with van der Waals surface area (Å²) >= 11 is 0. The maximum absolute atomic E-state index is 12.0. The summed E-state index contributed by atoms with van der Waals surface area (Å²) in [6, 6.07) is 10.2. The first kappa shape index (κ1) is 18.5. The van der Waals surface area contributed by atoms with Crippen molar-refractivity contribution in [3.8, 4) is 0 Å². The summed E-state index contributed by atoms with van der Waals surface area (Å²) in [7, 11) is 0. The number of nitrogens with zero attached hydrogens (tertiary/aromatic N) is 1. The monoisotopic (exact) mass is 331 g/mol. The fourth-order valence-electron chi connectivity index (χ4n) is 3.34. The Morgan fingerprint density at radius 3 is 2.46 bits per heavy atom. The van der Waals surface area contributed by atoms with Crippen LogP contribution in [-0.2, 0) is 11.3 Å². The molecule has 0 unspecified atom stereocenters. The molecule has 2 rings (SSSR count). The molecule has 1 aliphatic rings.